The normalized spacial score (nSPS) is 26.5. The summed E-state index contributed by atoms with van der Waals surface area (Å²) in [6, 6.07) is 0.838. The highest BCUT2D eigenvalue weighted by Gasteiger charge is 2.30. The summed E-state index contributed by atoms with van der Waals surface area (Å²) in [6.45, 7) is 9.57. The van der Waals surface area contributed by atoms with Gasteiger partial charge < -0.3 is 10.2 Å². The van der Waals surface area contributed by atoms with Crippen molar-refractivity contribution in [3.05, 3.63) is 0 Å². The maximum Gasteiger partial charge on any atom is 0.00924 e. The van der Waals surface area contributed by atoms with Crippen molar-refractivity contribution in [3.8, 4) is 0 Å². The molecule has 102 valence electrons. The first-order chi connectivity index (χ1) is 7.95. The van der Waals surface area contributed by atoms with Gasteiger partial charge in [0.2, 0.25) is 0 Å². The third-order valence-corrected chi connectivity index (χ3v) is 4.48. The van der Waals surface area contributed by atoms with Crippen molar-refractivity contribution in [1.82, 2.24) is 10.2 Å². The van der Waals surface area contributed by atoms with Crippen LogP contribution in [0.1, 0.15) is 52.9 Å². The predicted octanol–water partition coefficient (Wildman–Crippen LogP) is 3.13. The van der Waals surface area contributed by atoms with Crippen molar-refractivity contribution in [2.75, 3.05) is 27.2 Å². The minimum absolute atomic E-state index is 0.510. The molecule has 2 nitrogen and oxygen atoms in total. The van der Waals surface area contributed by atoms with Gasteiger partial charge in [-0.25, -0.2) is 0 Å². The molecule has 0 saturated heterocycles. The topological polar surface area (TPSA) is 15.3 Å². The summed E-state index contributed by atoms with van der Waals surface area (Å²) in [6.07, 6.45) is 6.91. The van der Waals surface area contributed by atoms with Gasteiger partial charge in [0.25, 0.3) is 0 Å². The lowest BCUT2D eigenvalue weighted by atomic mass is 9.71. The van der Waals surface area contributed by atoms with Crippen LogP contribution in [0, 0.1) is 11.3 Å². The average Bonchev–Trinajstić information content (AvgIpc) is 2.28. The van der Waals surface area contributed by atoms with Gasteiger partial charge in [0, 0.05) is 6.04 Å². The van der Waals surface area contributed by atoms with Crippen LogP contribution in [0.3, 0.4) is 0 Å². The van der Waals surface area contributed by atoms with Crippen LogP contribution in [0.25, 0.3) is 0 Å². The quantitative estimate of drug-likeness (QED) is 0.743. The van der Waals surface area contributed by atoms with Gasteiger partial charge in [0.1, 0.15) is 0 Å². The van der Waals surface area contributed by atoms with Crippen molar-refractivity contribution in [3.63, 3.8) is 0 Å². The van der Waals surface area contributed by atoms with E-state index in [9.17, 15) is 0 Å². The average molecular weight is 240 g/mol. The molecule has 0 atom stereocenters. The first kappa shape index (κ1) is 15.0. The minimum atomic E-state index is 0.510. The summed E-state index contributed by atoms with van der Waals surface area (Å²) in [5.41, 5.74) is 0.510. The number of rotatable bonds is 5. The standard InChI is InChI=1S/C15H32N2/c1-15(2,3)13-7-9-14(10-8-13)17(5)12-6-11-16-4/h13-14,16H,6-12H2,1-5H3. The molecule has 0 radical (unpaired) electrons. The van der Waals surface area contributed by atoms with Gasteiger partial charge in [0.15, 0.2) is 0 Å². The van der Waals surface area contributed by atoms with E-state index in [1.54, 1.807) is 0 Å². The molecule has 0 heterocycles. The largest absolute Gasteiger partial charge is 0.320 e. The number of nitrogens with zero attached hydrogens (tertiary/aromatic N) is 1. The lowest BCUT2D eigenvalue weighted by Gasteiger charge is -2.40. The maximum atomic E-state index is 3.23. The molecule has 0 aromatic rings. The van der Waals surface area contributed by atoms with E-state index < -0.39 is 0 Å². The van der Waals surface area contributed by atoms with Crippen LogP contribution in [0.4, 0.5) is 0 Å². The summed E-state index contributed by atoms with van der Waals surface area (Å²) in [5, 5.41) is 3.23. The van der Waals surface area contributed by atoms with Gasteiger partial charge in [-0.2, -0.15) is 0 Å². The van der Waals surface area contributed by atoms with E-state index in [2.05, 4.69) is 38.0 Å². The summed E-state index contributed by atoms with van der Waals surface area (Å²) in [5.74, 6) is 0.935. The second-order valence-corrected chi connectivity index (χ2v) is 6.81. The fraction of sp³-hybridized carbons (Fsp3) is 1.00. The van der Waals surface area contributed by atoms with E-state index in [1.165, 1.54) is 38.6 Å². The summed E-state index contributed by atoms with van der Waals surface area (Å²) >= 11 is 0. The maximum absolute atomic E-state index is 3.23. The second kappa shape index (κ2) is 6.75. The zero-order valence-electron chi connectivity index (χ0n) is 12.6. The highest BCUT2D eigenvalue weighted by atomic mass is 15.1. The SMILES string of the molecule is CNCCCN(C)C1CCC(C(C)(C)C)CC1. The van der Waals surface area contributed by atoms with Crippen LogP contribution in [-0.4, -0.2) is 38.1 Å². The summed E-state index contributed by atoms with van der Waals surface area (Å²) < 4.78 is 0. The Morgan fingerprint density at radius 3 is 2.18 bits per heavy atom. The van der Waals surface area contributed by atoms with Gasteiger partial charge in [-0.15, -0.1) is 0 Å². The van der Waals surface area contributed by atoms with Crippen LogP contribution < -0.4 is 5.32 Å². The molecular weight excluding hydrogens is 208 g/mol. The lowest BCUT2D eigenvalue weighted by Crippen LogP contribution is -2.38. The van der Waals surface area contributed by atoms with Crippen molar-refractivity contribution in [1.29, 1.82) is 0 Å². The molecule has 2 heteroatoms. The van der Waals surface area contributed by atoms with Gasteiger partial charge in [-0.05, 0) is 70.6 Å². The van der Waals surface area contributed by atoms with Crippen LogP contribution in [0.15, 0.2) is 0 Å². The van der Waals surface area contributed by atoms with Gasteiger partial charge in [-0.3, -0.25) is 0 Å². The highest BCUT2D eigenvalue weighted by molar-refractivity contribution is 4.83. The van der Waals surface area contributed by atoms with Gasteiger partial charge >= 0.3 is 0 Å². The van der Waals surface area contributed by atoms with Gasteiger partial charge in [-0.1, -0.05) is 20.8 Å². The molecule has 17 heavy (non-hydrogen) atoms. The van der Waals surface area contributed by atoms with Crippen LogP contribution in [-0.2, 0) is 0 Å². The Hall–Kier alpha value is -0.0800. The fourth-order valence-electron chi connectivity index (χ4n) is 3.07. The van der Waals surface area contributed by atoms with E-state index in [-0.39, 0.29) is 0 Å². The zero-order chi connectivity index (χ0) is 12.9. The van der Waals surface area contributed by atoms with E-state index in [0.29, 0.717) is 5.41 Å². The summed E-state index contributed by atoms with van der Waals surface area (Å²) in [4.78, 5) is 2.58. The van der Waals surface area contributed by atoms with Crippen molar-refractivity contribution in [2.45, 2.75) is 58.9 Å². The first-order valence-corrected chi connectivity index (χ1v) is 7.30. The van der Waals surface area contributed by atoms with E-state index in [0.717, 1.165) is 18.5 Å². The van der Waals surface area contributed by atoms with E-state index in [4.69, 9.17) is 0 Å². The van der Waals surface area contributed by atoms with Crippen LogP contribution in [0.2, 0.25) is 0 Å². The molecule has 1 aliphatic rings. The predicted molar refractivity (Wildman–Crippen MR) is 76.4 cm³/mol. The van der Waals surface area contributed by atoms with Crippen molar-refractivity contribution >= 4 is 0 Å². The molecule has 1 N–H and O–H groups in total. The van der Waals surface area contributed by atoms with E-state index >= 15 is 0 Å². The highest BCUT2D eigenvalue weighted by Crippen LogP contribution is 2.38. The molecule has 0 aromatic carbocycles. The molecule has 1 fully saturated rings. The Balaban J connectivity index is 2.26. The minimum Gasteiger partial charge on any atom is -0.320 e. The smallest absolute Gasteiger partial charge is 0.00924 e. The number of hydrogen-bond donors (Lipinski definition) is 1. The number of hydrogen-bond acceptors (Lipinski definition) is 2. The molecule has 0 amide bonds. The third kappa shape index (κ3) is 4.97. The Morgan fingerprint density at radius 2 is 1.71 bits per heavy atom. The third-order valence-electron chi connectivity index (χ3n) is 4.48. The molecule has 0 aliphatic heterocycles. The molecule has 0 spiro atoms. The second-order valence-electron chi connectivity index (χ2n) is 6.81. The molecule has 0 unspecified atom stereocenters. The Morgan fingerprint density at radius 1 is 1.12 bits per heavy atom. The molecule has 1 aliphatic carbocycles. The number of nitrogens with one attached hydrogen (secondary N) is 1. The Labute approximate surface area is 108 Å². The Bertz CT molecular complexity index is 199. The monoisotopic (exact) mass is 240 g/mol. The van der Waals surface area contributed by atoms with Crippen LogP contribution in [0.5, 0.6) is 0 Å². The molecule has 1 saturated carbocycles. The van der Waals surface area contributed by atoms with Crippen molar-refractivity contribution < 1.29 is 0 Å². The molecule has 0 aromatic heterocycles. The van der Waals surface area contributed by atoms with E-state index in [1.807, 2.05) is 7.05 Å². The fourth-order valence-corrected chi connectivity index (χ4v) is 3.07. The first-order valence-electron chi connectivity index (χ1n) is 7.30. The molecule has 0 bridgehead atoms. The Kier molecular flexibility index (Phi) is 5.94. The van der Waals surface area contributed by atoms with Gasteiger partial charge in [0.05, 0.1) is 0 Å². The zero-order valence-corrected chi connectivity index (χ0v) is 12.6. The lowest BCUT2D eigenvalue weighted by molar-refractivity contribution is 0.111. The summed E-state index contributed by atoms with van der Waals surface area (Å²) in [7, 11) is 4.34. The molecule has 1 rings (SSSR count). The van der Waals surface area contributed by atoms with Crippen molar-refractivity contribution in [2.24, 2.45) is 11.3 Å². The van der Waals surface area contributed by atoms with Crippen LogP contribution >= 0.6 is 0 Å². The molecular formula is C15H32N2.